The highest BCUT2D eigenvalue weighted by atomic mass is 35.5. The maximum Gasteiger partial charge on any atom is 0.256 e. The number of halogens is 1. The molecule has 2 aromatic rings. The number of nitrogens with zero attached hydrogens (tertiary/aromatic N) is 2. The van der Waals surface area contributed by atoms with Crippen LogP contribution in [0, 0.1) is 5.41 Å². The van der Waals surface area contributed by atoms with Gasteiger partial charge in [-0.2, -0.15) is 0 Å². The normalized spacial score (nSPS) is 21.6. The highest BCUT2D eigenvalue weighted by Crippen LogP contribution is 2.49. The molecule has 41 heavy (non-hydrogen) atoms. The van der Waals surface area contributed by atoms with E-state index in [0.717, 1.165) is 25.9 Å². The van der Waals surface area contributed by atoms with Gasteiger partial charge in [-0.25, -0.2) is 0 Å². The molecule has 10 nitrogen and oxygen atoms in total. The minimum absolute atomic E-state index is 0.0842. The average molecular weight is 590 g/mol. The number of aliphatic hydroxyl groups is 2. The van der Waals surface area contributed by atoms with E-state index in [1.807, 2.05) is 0 Å². The summed E-state index contributed by atoms with van der Waals surface area (Å²) < 4.78 is 17.3. The number of hydrogen-bond acceptors (Lipinski definition) is 8. The molecule has 4 atom stereocenters. The maximum absolute atomic E-state index is 13.8. The molecular formula is C30H40ClN3O7. The van der Waals surface area contributed by atoms with Crippen molar-refractivity contribution in [3.63, 3.8) is 0 Å². The molecule has 2 heterocycles. The summed E-state index contributed by atoms with van der Waals surface area (Å²) in [5, 5.41) is 22.8. The number of amides is 2. The predicted octanol–water partition coefficient (Wildman–Crippen LogP) is 3.22. The van der Waals surface area contributed by atoms with Gasteiger partial charge in [-0.1, -0.05) is 30.7 Å². The maximum atomic E-state index is 13.8. The molecule has 2 amide bonds. The third-order valence-corrected chi connectivity index (χ3v) is 8.36. The summed E-state index contributed by atoms with van der Waals surface area (Å²) in [6.45, 7) is 4.33. The van der Waals surface area contributed by atoms with Crippen LogP contribution < -0.4 is 20.1 Å². The Hall–Kier alpha value is -2.89. The number of methoxy groups -OCH3 is 2. The largest absolute Gasteiger partial charge is 0.493 e. The molecule has 0 spiro atoms. The Balaban J connectivity index is 1.74. The first-order valence-electron chi connectivity index (χ1n) is 13.9. The van der Waals surface area contributed by atoms with Crippen molar-refractivity contribution in [2.45, 2.75) is 50.9 Å². The van der Waals surface area contributed by atoms with Crippen molar-refractivity contribution in [3.8, 4) is 11.5 Å². The Bertz CT molecular complexity index is 1240. The Morgan fingerprint density at radius 1 is 1.17 bits per heavy atom. The van der Waals surface area contributed by atoms with E-state index in [4.69, 9.17) is 31.5 Å². The second-order valence-electron chi connectivity index (χ2n) is 11.0. The van der Waals surface area contributed by atoms with Gasteiger partial charge in [-0.3, -0.25) is 9.59 Å². The van der Waals surface area contributed by atoms with E-state index in [0.29, 0.717) is 46.4 Å². The van der Waals surface area contributed by atoms with E-state index < -0.39 is 36.2 Å². The van der Waals surface area contributed by atoms with Gasteiger partial charge in [0, 0.05) is 40.3 Å². The molecule has 0 radical (unpaired) electrons. The van der Waals surface area contributed by atoms with Crippen LogP contribution in [0.4, 0.5) is 5.69 Å². The highest BCUT2D eigenvalue weighted by molar-refractivity contribution is 6.30. The van der Waals surface area contributed by atoms with Crippen molar-refractivity contribution in [2.75, 3.05) is 51.9 Å². The zero-order valence-electron chi connectivity index (χ0n) is 23.8. The van der Waals surface area contributed by atoms with E-state index in [-0.39, 0.29) is 18.7 Å². The first-order valence-corrected chi connectivity index (χ1v) is 14.3. The summed E-state index contributed by atoms with van der Waals surface area (Å²) >= 11 is 6.45. The SMILES string of the molecule is COc1cccc(C(O)C(C)(CO)C[C@@H]2O[C@H](CC(N)=O)C(=O)N(CCN3CCCC3)c3ccc(Cl)cc32)c1OC. The van der Waals surface area contributed by atoms with Gasteiger partial charge in [0.1, 0.15) is 6.10 Å². The molecule has 11 heteroatoms. The van der Waals surface area contributed by atoms with Gasteiger partial charge in [0.2, 0.25) is 5.91 Å². The van der Waals surface area contributed by atoms with Gasteiger partial charge in [0.15, 0.2) is 11.5 Å². The monoisotopic (exact) mass is 589 g/mol. The number of likely N-dealkylation sites (tertiary alicyclic amines) is 1. The lowest BCUT2D eigenvalue weighted by atomic mass is 9.75. The molecule has 2 unspecified atom stereocenters. The number of carbonyl (C=O) groups excluding carboxylic acids is 2. The Morgan fingerprint density at radius 2 is 1.90 bits per heavy atom. The van der Waals surface area contributed by atoms with Gasteiger partial charge >= 0.3 is 0 Å². The minimum Gasteiger partial charge on any atom is -0.493 e. The number of aliphatic hydroxyl groups excluding tert-OH is 2. The van der Waals surface area contributed by atoms with Crippen molar-refractivity contribution in [1.29, 1.82) is 0 Å². The van der Waals surface area contributed by atoms with Crippen molar-refractivity contribution < 1.29 is 34.0 Å². The Labute approximate surface area is 245 Å². The van der Waals surface area contributed by atoms with Crippen molar-refractivity contribution in [1.82, 2.24) is 4.90 Å². The van der Waals surface area contributed by atoms with E-state index in [9.17, 15) is 19.8 Å². The number of benzene rings is 2. The Kier molecular flexibility index (Phi) is 10.1. The topological polar surface area (TPSA) is 135 Å². The number of hydrogen-bond donors (Lipinski definition) is 3. The molecule has 0 bridgehead atoms. The smallest absolute Gasteiger partial charge is 0.256 e. The van der Waals surface area contributed by atoms with Gasteiger partial charge < -0.3 is 40.0 Å². The first-order chi connectivity index (χ1) is 19.6. The van der Waals surface area contributed by atoms with Gasteiger partial charge in [-0.15, -0.1) is 0 Å². The molecule has 0 aliphatic carbocycles. The molecule has 4 N–H and O–H groups in total. The molecule has 2 aromatic carbocycles. The number of para-hydroxylation sites is 1. The average Bonchev–Trinajstić information content (AvgIpc) is 3.46. The standard InChI is InChI=1S/C30H40ClN3O7/c1-30(18-35,28(37)20-7-6-8-23(39-2)27(20)40-3)17-25-21-15-19(31)9-10-22(21)34(14-13-33-11-4-5-12-33)29(38)24(41-25)16-26(32)36/h6-10,15,24-25,28,35,37H,4-5,11-14,16-18H2,1-3H3,(H2,32,36)/t24-,25+,28?,30?/m1/s1. The van der Waals surface area contributed by atoms with Crippen LogP contribution in [-0.2, 0) is 14.3 Å². The van der Waals surface area contributed by atoms with E-state index in [1.54, 1.807) is 48.2 Å². The Morgan fingerprint density at radius 3 is 2.54 bits per heavy atom. The second kappa shape index (κ2) is 13.4. The quantitative estimate of drug-likeness (QED) is 0.343. The van der Waals surface area contributed by atoms with Gasteiger partial charge in [-0.05, 0) is 56.6 Å². The van der Waals surface area contributed by atoms with E-state index in [1.165, 1.54) is 14.2 Å². The number of ether oxygens (including phenoxy) is 3. The van der Waals surface area contributed by atoms with Crippen LogP contribution in [0.1, 0.15) is 55.9 Å². The fraction of sp³-hybridized carbons (Fsp3) is 0.533. The zero-order chi connectivity index (χ0) is 29.7. The summed E-state index contributed by atoms with van der Waals surface area (Å²) in [4.78, 5) is 29.8. The van der Waals surface area contributed by atoms with Crippen LogP contribution in [0.25, 0.3) is 0 Å². The molecule has 1 saturated heterocycles. The number of nitrogens with two attached hydrogens (primary N) is 1. The number of rotatable bonds is 12. The van der Waals surface area contributed by atoms with Crippen LogP contribution in [0.3, 0.4) is 0 Å². The number of anilines is 1. The summed E-state index contributed by atoms with van der Waals surface area (Å²) in [5.74, 6) is -0.248. The molecular weight excluding hydrogens is 550 g/mol. The third kappa shape index (κ3) is 6.79. The molecule has 2 aliphatic rings. The van der Waals surface area contributed by atoms with Crippen molar-refractivity contribution >= 4 is 29.1 Å². The van der Waals surface area contributed by atoms with Crippen LogP contribution in [0.2, 0.25) is 5.02 Å². The van der Waals surface area contributed by atoms with Crippen molar-refractivity contribution in [3.05, 3.63) is 52.5 Å². The zero-order valence-corrected chi connectivity index (χ0v) is 24.6. The van der Waals surface area contributed by atoms with Gasteiger partial charge in [0.25, 0.3) is 5.91 Å². The molecule has 1 fully saturated rings. The van der Waals surface area contributed by atoms with Crippen LogP contribution >= 0.6 is 11.6 Å². The van der Waals surface area contributed by atoms with Crippen LogP contribution in [0.15, 0.2) is 36.4 Å². The molecule has 224 valence electrons. The third-order valence-electron chi connectivity index (χ3n) is 8.12. The molecule has 0 saturated carbocycles. The lowest BCUT2D eigenvalue weighted by molar-refractivity contribution is -0.142. The second-order valence-corrected chi connectivity index (χ2v) is 11.5. The number of fused-ring (bicyclic) bond motifs is 1. The van der Waals surface area contributed by atoms with Crippen molar-refractivity contribution in [2.24, 2.45) is 11.1 Å². The summed E-state index contributed by atoms with van der Waals surface area (Å²) in [6, 6.07) is 10.4. The first kappa shape index (κ1) is 31.1. The van der Waals surface area contributed by atoms with E-state index in [2.05, 4.69) is 4.90 Å². The fourth-order valence-corrected chi connectivity index (χ4v) is 5.98. The lowest BCUT2D eigenvalue weighted by Crippen LogP contribution is -2.44. The molecule has 4 rings (SSSR count). The van der Waals surface area contributed by atoms with Gasteiger partial charge in [0.05, 0.1) is 39.5 Å². The summed E-state index contributed by atoms with van der Waals surface area (Å²) in [6.07, 6.45) is -1.14. The predicted molar refractivity (Wildman–Crippen MR) is 155 cm³/mol. The van der Waals surface area contributed by atoms with Crippen LogP contribution in [-0.4, -0.2) is 80.0 Å². The van der Waals surface area contributed by atoms with Crippen LogP contribution in [0.5, 0.6) is 11.5 Å². The number of primary amides is 1. The summed E-state index contributed by atoms with van der Waals surface area (Å²) in [5.41, 5.74) is 6.05. The number of carbonyl (C=O) groups is 2. The highest BCUT2D eigenvalue weighted by Gasteiger charge is 2.43. The lowest BCUT2D eigenvalue weighted by Gasteiger charge is -2.37. The molecule has 2 aliphatic heterocycles. The molecule has 0 aromatic heterocycles. The van der Waals surface area contributed by atoms with E-state index >= 15 is 0 Å². The minimum atomic E-state index is -1.21. The fourth-order valence-electron chi connectivity index (χ4n) is 5.79. The summed E-state index contributed by atoms with van der Waals surface area (Å²) in [7, 11) is 2.98.